The van der Waals surface area contributed by atoms with Gasteiger partial charge in [-0.2, -0.15) is 5.10 Å². The maximum Gasteiger partial charge on any atom is 0.161 e. The molecule has 3 nitrogen and oxygen atoms in total. The average molecular weight is 379 g/mol. The van der Waals surface area contributed by atoms with E-state index in [9.17, 15) is 4.79 Å². The molecule has 27 heavy (non-hydrogen) atoms. The van der Waals surface area contributed by atoms with Crippen LogP contribution in [0.1, 0.15) is 50.5 Å². The predicted molar refractivity (Wildman–Crippen MR) is 109 cm³/mol. The highest BCUT2D eigenvalue weighted by Gasteiger charge is 2.68. The number of hydrogen-bond acceptors (Lipinski definition) is 3. The minimum Gasteiger partial charge on any atom is -0.297 e. The van der Waals surface area contributed by atoms with Gasteiger partial charge in [-0.3, -0.25) is 9.80 Å². The van der Waals surface area contributed by atoms with Crippen molar-refractivity contribution in [2.75, 3.05) is 5.01 Å². The summed E-state index contributed by atoms with van der Waals surface area (Å²) in [5, 5.41) is 7.95. The van der Waals surface area contributed by atoms with E-state index in [1.165, 1.54) is 0 Å². The fourth-order valence-electron chi connectivity index (χ4n) is 5.68. The Morgan fingerprint density at radius 1 is 0.889 bits per heavy atom. The highest BCUT2D eigenvalue weighted by Crippen LogP contribution is 2.61. The minimum atomic E-state index is -0.528. The Kier molecular flexibility index (Phi) is 3.90. The van der Waals surface area contributed by atoms with E-state index in [0.717, 1.165) is 60.5 Å². The largest absolute Gasteiger partial charge is 0.297 e. The van der Waals surface area contributed by atoms with E-state index in [4.69, 9.17) is 16.7 Å². The van der Waals surface area contributed by atoms with Crippen molar-refractivity contribution >= 4 is 28.8 Å². The van der Waals surface area contributed by atoms with Crippen LogP contribution in [0.15, 0.2) is 59.7 Å². The summed E-state index contributed by atoms with van der Waals surface area (Å²) in [6, 6.07) is 18.2. The number of carbonyl (C=O) groups is 1. The van der Waals surface area contributed by atoms with E-state index >= 15 is 0 Å². The molecule has 0 bridgehead atoms. The molecule has 2 aromatic rings. The van der Waals surface area contributed by atoms with Crippen molar-refractivity contribution < 1.29 is 4.79 Å². The molecule has 0 amide bonds. The van der Waals surface area contributed by atoms with Gasteiger partial charge in [-0.25, -0.2) is 0 Å². The molecule has 0 spiro atoms. The molecular formula is C23H23ClN2O. The van der Waals surface area contributed by atoms with Crippen molar-refractivity contribution in [2.24, 2.45) is 10.5 Å². The van der Waals surface area contributed by atoms with Crippen LogP contribution in [0.2, 0.25) is 5.02 Å². The molecular weight excluding hydrogens is 356 g/mol. The fraction of sp³-hybridized carbons (Fsp3) is 0.391. The molecule has 2 aromatic carbocycles. The first-order valence-corrected chi connectivity index (χ1v) is 10.3. The number of hydrogen-bond donors (Lipinski definition) is 0. The third-order valence-corrected chi connectivity index (χ3v) is 7.04. The molecule has 0 radical (unpaired) electrons. The van der Waals surface area contributed by atoms with Gasteiger partial charge in [0.25, 0.3) is 0 Å². The lowest BCUT2D eigenvalue weighted by atomic mass is 9.64. The summed E-state index contributed by atoms with van der Waals surface area (Å²) in [5.74, 6) is 0.370. The van der Waals surface area contributed by atoms with Crippen molar-refractivity contribution in [1.29, 1.82) is 0 Å². The van der Waals surface area contributed by atoms with Crippen LogP contribution in [-0.4, -0.2) is 17.0 Å². The summed E-state index contributed by atoms with van der Waals surface area (Å²) in [6.07, 6.45) is 6.76. The lowest BCUT2D eigenvalue weighted by molar-refractivity contribution is -0.125. The number of nitrogens with zero attached hydrogens (tertiary/aromatic N) is 2. The van der Waals surface area contributed by atoms with E-state index in [-0.39, 0.29) is 5.41 Å². The van der Waals surface area contributed by atoms with Gasteiger partial charge in [0, 0.05) is 16.9 Å². The average Bonchev–Trinajstić information content (AvgIpc) is 3.16. The molecule has 138 valence electrons. The first-order chi connectivity index (χ1) is 13.2. The first kappa shape index (κ1) is 17.0. The Bertz CT molecular complexity index is 908. The molecule has 1 heterocycles. The SMILES string of the molecule is O=C1CCCCC23CCCC12N(c1ccccc1)N=C3c1ccc(Cl)cc1. The molecule has 0 saturated heterocycles. The molecule has 3 aliphatic rings. The zero-order valence-corrected chi connectivity index (χ0v) is 16.1. The second-order valence-corrected chi connectivity index (χ2v) is 8.47. The molecule has 0 N–H and O–H groups in total. The number of anilines is 1. The van der Waals surface area contributed by atoms with Gasteiger partial charge in [-0.1, -0.05) is 48.4 Å². The quantitative estimate of drug-likeness (QED) is 0.679. The van der Waals surface area contributed by atoms with Gasteiger partial charge in [0.15, 0.2) is 5.78 Å². The van der Waals surface area contributed by atoms with Crippen LogP contribution < -0.4 is 5.01 Å². The van der Waals surface area contributed by atoms with Crippen molar-refractivity contribution in [3.05, 3.63) is 65.2 Å². The van der Waals surface area contributed by atoms with E-state index < -0.39 is 5.54 Å². The van der Waals surface area contributed by atoms with E-state index in [0.29, 0.717) is 12.2 Å². The molecule has 4 heteroatoms. The second kappa shape index (κ2) is 6.20. The predicted octanol–water partition coefficient (Wildman–Crippen LogP) is 5.62. The van der Waals surface area contributed by atoms with E-state index in [1.807, 2.05) is 30.3 Å². The zero-order valence-electron chi connectivity index (χ0n) is 15.3. The van der Waals surface area contributed by atoms with Crippen molar-refractivity contribution in [3.63, 3.8) is 0 Å². The number of carbonyl (C=O) groups excluding carboxylic acids is 1. The Balaban J connectivity index is 1.75. The summed E-state index contributed by atoms with van der Waals surface area (Å²) < 4.78 is 0. The van der Waals surface area contributed by atoms with Gasteiger partial charge >= 0.3 is 0 Å². The van der Waals surface area contributed by atoms with Gasteiger partial charge in [0.2, 0.25) is 0 Å². The lowest BCUT2D eigenvalue weighted by Gasteiger charge is -2.43. The molecule has 1 aliphatic heterocycles. The van der Waals surface area contributed by atoms with Crippen LogP contribution in [0, 0.1) is 5.41 Å². The number of Topliss-reactive ketones (excluding diaryl/α,β-unsaturated/α-hetero) is 1. The zero-order chi connectivity index (χ0) is 18.5. The van der Waals surface area contributed by atoms with Crippen LogP contribution in [-0.2, 0) is 4.79 Å². The monoisotopic (exact) mass is 378 g/mol. The van der Waals surface area contributed by atoms with Crippen LogP contribution in [0.5, 0.6) is 0 Å². The molecule has 0 aromatic heterocycles. The summed E-state index contributed by atoms with van der Waals surface area (Å²) in [4.78, 5) is 13.6. The lowest BCUT2D eigenvalue weighted by Crippen LogP contribution is -2.58. The Morgan fingerprint density at radius 3 is 2.41 bits per heavy atom. The van der Waals surface area contributed by atoms with Crippen molar-refractivity contribution in [3.8, 4) is 0 Å². The minimum absolute atomic E-state index is 0.190. The fourth-order valence-corrected chi connectivity index (χ4v) is 5.80. The molecule has 2 saturated carbocycles. The molecule has 2 fully saturated rings. The number of halogens is 1. The summed E-state index contributed by atoms with van der Waals surface area (Å²) >= 11 is 6.13. The van der Waals surface area contributed by atoms with Gasteiger partial charge in [-0.15, -0.1) is 0 Å². The normalized spacial score (nSPS) is 29.9. The van der Waals surface area contributed by atoms with Gasteiger partial charge < -0.3 is 0 Å². The third-order valence-electron chi connectivity index (χ3n) is 6.79. The van der Waals surface area contributed by atoms with E-state index in [1.54, 1.807) is 0 Å². The number of hydrazone groups is 1. The number of rotatable bonds is 2. The maximum absolute atomic E-state index is 13.6. The molecule has 2 atom stereocenters. The van der Waals surface area contributed by atoms with Crippen molar-refractivity contribution in [2.45, 2.75) is 50.5 Å². The third kappa shape index (κ3) is 2.27. The van der Waals surface area contributed by atoms with Gasteiger partial charge in [-0.05, 0) is 61.9 Å². The topological polar surface area (TPSA) is 32.7 Å². The van der Waals surface area contributed by atoms with Crippen LogP contribution >= 0.6 is 11.6 Å². The Morgan fingerprint density at radius 2 is 1.63 bits per heavy atom. The number of para-hydroxylation sites is 1. The van der Waals surface area contributed by atoms with Gasteiger partial charge in [0.1, 0.15) is 5.54 Å². The van der Waals surface area contributed by atoms with Crippen LogP contribution in [0.3, 0.4) is 0 Å². The number of benzene rings is 2. The Hall–Kier alpha value is -2.13. The highest BCUT2D eigenvalue weighted by molar-refractivity contribution is 6.30. The first-order valence-electron chi connectivity index (χ1n) is 9.91. The summed E-state index contributed by atoms with van der Waals surface area (Å²) in [7, 11) is 0. The maximum atomic E-state index is 13.6. The summed E-state index contributed by atoms with van der Waals surface area (Å²) in [6.45, 7) is 0. The van der Waals surface area contributed by atoms with Crippen LogP contribution in [0.25, 0.3) is 0 Å². The molecule has 2 aliphatic carbocycles. The van der Waals surface area contributed by atoms with E-state index in [2.05, 4.69) is 29.3 Å². The summed E-state index contributed by atoms with van der Waals surface area (Å²) in [5.41, 5.74) is 2.47. The smallest absolute Gasteiger partial charge is 0.161 e. The second-order valence-electron chi connectivity index (χ2n) is 8.03. The Labute approximate surface area is 165 Å². The van der Waals surface area contributed by atoms with Crippen molar-refractivity contribution in [1.82, 2.24) is 0 Å². The number of ketones is 1. The molecule has 2 unspecified atom stereocenters. The van der Waals surface area contributed by atoms with Gasteiger partial charge in [0.05, 0.1) is 11.4 Å². The standard InChI is InChI=1S/C23H23ClN2O/c24-18-12-10-17(11-13-18)21-22-14-5-4-9-20(27)23(22,16-6-15-22)26(25-21)19-7-2-1-3-8-19/h1-3,7-8,10-13H,4-6,9,14-16H2. The van der Waals surface area contributed by atoms with Crippen LogP contribution in [0.4, 0.5) is 5.69 Å². The highest BCUT2D eigenvalue weighted by atomic mass is 35.5. The molecule has 5 rings (SSSR count).